The summed E-state index contributed by atoms with van der Waals surface area (Å²) in [7, 11) is 1.83. The third-order valence-corrected chi connectivity index (χ3v) is 2.92. The molecule has 0 unspecified atom stereocenters. The monoisotopic (exact) mass is 232 g/mol. The lowest BCUT2D eigenvalue weighted by Crippen LogP contribution is -2.25. The van der Waals surface area contributed by atoms with Gasteiger partial charge in [-0.2, -0.15) is 0 Å². The fourth-order valence-corrected chi connectivity index (χ4v) is 1.99. The van der Waals surface area contributed by atoms with Crippen LogP contribution in [0.3, 0.4) is 0 Å². The molecule has 0 aliphatic heterocycles. The lowest BCUT2D eigenvalue weighted by atomic mass is 10.4. The Kier molecular flexibility index (Phi) is 4.93. The van der Waals surface area contributed by atoms with Crippen molar-refractivity contribution in [1.82, 2.24) is 10.6 Å². The van der Waals surface area contributed by atoms with Crippen molar-refractivity contribution >= 4 is 28.8 Å². The van der Waals surface area contributed by atoms with Gasteiger partial charge in [-0.25, -0.2) is 0 Å². The number of halogens is 1. The molecule has 0 aromatic carbocycles. The van der Waals surface area contributed by atoms with Crippen LogP contribution in [0.25, 0.3) is 0 Å². The third-order valence-electron chi connectivity index (χ3n) is 1.69. The van der Waals surface area contributed by atoms with Crippen LogP contribution in [0.5, 0.6) is 0 Å². The first-order valence-corrected chi connectivity index (χ1v) is 5.57. The number of hydrogen-bond acceptors (Lipinski definition) is 3. The minimum atomic E-state index is 0.0591. The number of thiophene rings is 1. The molecule has 3 nitrogen and oxygen atoms in total. The zero-order valence-electron chi connectivity index (χ0n) is 7.97. The quantitative estimate of drug-likeness (QED) is 0.810. The number of amides is 1. The summed E-state index contributed by atoms with van der Waals surface area (Å²) in [6.45, 7) is 1.27. The van der Waals surface area contributed by atoms with E-state index in [2.05, 4.69) is 10.6 Å². The fourth-order valence-electron chi connectivity index (χ4n) is 0.959. The molecule has 0 atom stereocenters. The van der Waals surface area contributed by atoms with E-state index in [-0.39, 0.29) is 5.91 Å². The molecule has 0 aliphatic rings. The zero-order chi connectivity index (χ0) is 10.4. The average molecular weight is 233 g/mol. The first-order valence-electron chi connectivity index (χ1n) is 4.38. The second kappa shape index (κ2) is 6.01. The first kappa shape index (κ1) is 11.5. The highest BCUT2D eigenvalue weighted by atomic mass is 35.5. The highest BCUT2D eigenvalue weighted by molar-refractivity contribution is 7.16. The maximum Gasteiger partial charge on any atom is 0.221 e. The molecule has 0 fully saturated rings. The Balaban J connectivity index is 2.23. The molecule has 2 N–H and O–H groups in total. The van der Waals surface area contributed by atoms with Crippen molar-refractivity contribution in [3.63, 3.8) is 0 Å². The van der Waals surface area contributed by atoms with Crippen LogP contribution in [0.1, 0.15) is 11.3 Å². The maximum atomic E-state index is 11.2. The van der Waals surface area contributed by atoms with E-state index in [1.165, 1.54) is 11.3 Å². The Labute approximate surface area is 92.5 Å². The smallest absolute Gasteiger partial charge is 0.221 e. The maximum absolute atomic E-state index is 11.2. The number of nitrogens with one attached hydrogen (secondary N) is 2. The summed E-state index contributed by atoms with van der Waals surface area (Å²) in [6.07, 6.45) is 0.510. The predicted octanol–water partition coefficient (Wildman–Crippen LogP) is 1.63. The molecule has 1 aromatic heterocycles. The lowest BCUT2D eigenvalue weighted by Gasteiger charge is -2.02. The van der Waals surface area contributed by atoms with Crippen molar-refractivity contribution in [2.24, 2.45) is 0 Å². The molecule has 78 valence electrons. The third kappa shape index (κ3) is 4.09. The van der Waals surface area contributed by atoms with Crippen LogP contribution in [0.15, 0.2) is 12.1 Å². The Bertz CT molecular complexity index is 301. The van der Waals surface area contributed by atoms with Gasteiger partial charge in [-0.3, -0.25) is 4.79 Å². The van der Waals surface area contributed by atoms with Gasteiger partial charge in [-0.15, -0.1) is 11.3 Å². The van der Waals surface area contributed by atoms with Gasteiger partial charge in [0.2, 0.25) is 5.91 Å². The zero-order valence-corrected chi connectivity index (χ0v) is 9.54. The van der Waals surface area contributed by atoms with Crippen LogP contribution in [0.2, 0.25) is 4.34 Å². The van der Waals surface area contributed by atoms with Crippen LogP contribution < -0.4 is 10.6 Å². The van der Waals surface area contributed by atoms with Crippen molar-refractivity contribution in [2.45, 2.75) is 13.0 Å². The van der Waals surface area contributed by atoms with Gasteiger partial charge in [0.25, 0.3) is 0 Å². The molecule has 0 spiro atoms. The van der Waals surface area contributed by atoms with Crippen LogP contribution >= 0.6 is 22.9 Å². The van der Waals surface area contributed by atoms with Gasteiger partial charge < -0.3 is 10.6 Å². The van der Waals surface area contributed by atoms with Gasteiger partial charge in [0.05, 0.1) is 10.9 Å². The molecule has 0 bridgehead atoms. The number of carbonyl (C=O) groups excluding carboxylic acids is 1. The molecule has 0 radical (unpaired) electrons. The largest absolute Gasteiger partial charge is 0.351 e. The van der Waals surface area contributed by atoms with Gasteiger partial charge in [-0.05, 0) is 19.2 Å². The molecule has 1 amide bonds. The van der Waals surface area contributed by atoms with Gasteiger partial charge in [-0.1, -0.05) is 11.6 Å². The van der Waals surface area contributed by atoms with E-state index in [1.807, 2.05) is 19.2 Å². The second-order valence-electron chi connectivity index (χ2n) is 2.84. The molecule has 1 aromatic rings. The van der Waals surface area contributed by atoms with E-state index in [9.17, 15) is 4.79 Å². The topological polar surface area (TPSA) is 41.1 Å². The fraction of sp³-hybridized carbons (Fsp3) is 0.444. The Hall–Kier alpha value is -0.580. The van der Waals surface area contributed by atoms with Gasteiger partial charge in [0, 0.05) is 17.8 Å². The van der Waals surface area contributed by atoms with Gasteiger partial charge in [0.1, 0.15) is 0 Å². The lowest BCUT2D eigenvalue weighted by molar-refractivity contribution is -0.121. The number of hydrogen-bond donors (Lipinski definition) is 2. The van der Waals surface area contributed by atoms with E-state index in [0.717, 1.165) is 9.21 Å². The minimum Gasteiger partial charge on any atom is -0.351 e. The molecule has 0 aliphatic carbocycles. The normalized spacial score (nSPS) is 10.1. The molecule has 5 heteroatoms. The summed E-state index contributed by atoms with van der Waals surface area (Å²) in [5, 5.41) is 5.74. The van der Waals surface area contributed by atoms with Gasteiger partial charge >= 0.3 is 0 Å². The second-order valence-corrected chi connectivity index (χ2v) is 4.64. The van der Waals surface area contributed by atoms with Gasteiger partial charge in [0.15, 0.2) is 0 Å². The van der Waals surface area contributed by atoms with E-state index in [0.29, 0.717) is 19.5 Å². The summed E-state index contributed by atoms with van der Waals surface area (Å²) >= 11 is 7.24. The molecule has 0 saturated carbocycles. The summed E-state index contributed by atoms with van der Waals surface area (Å²) in [4.78, 5) is 12.3. The molecule has 14 heavy (non-hydrogen) atoms. The summed E-state index contributed by atoms with van der Waals surface area (Å²) in [5.74, 6) is 0.0591. The van der Waals surface area contributed by atoms with E-state index >= 15 is 0 Å². The van der Waals surface area contributed by atoms with E-state index in [4.69, 9.17) is 11.6 Å². The minimum absolute atomic E-state index is 0.0591. The Morgan fingerprint density at radius 1 is 1.57 bits per heavy atom. The summed E-state index contributed by atoms with van der Waals surface area (Å²) in [5.41, 5.74) is 0. The van der Waals surface area contributed by atoms with E-state index < -0.39 is 0 Å². The molecule has 1 heterocycles. The molecule has 0 saturated heterocycles. The van der Waals surface area contributed by atoms with Crippen LogP contribution in [0, 0.1) is 0 Å². The first-order chi connectivity index (χ1) is 6.72. The van der Waals surface area contributed by atoms with E-state index in [1.54, 1.807) is 0 Å². The Morgan fingerprint density at radius 3 is 2.93 bits per heavy atom. The van der Waals surface area contributed by atoms with Crippen LogP contribution in [0.4, 0.5) is 0 Å². The van der Waals surface area contributed by atoms with Crippen LogP contribution in [-0.2, 0) is 11.3 Å². The highest BCUT2D eigenvalue weighted by Crippen LogP contribution is 2.20. The molecular weight excluding hydrogens is 220 g/mol. The summed E-state index contributed by atoms with van der Waals surface area (Å²) < 4.78 is 0.754. The van der Waals surface area contributed by atoms with Crippen molar-refractivity contribution in [3.05, 3.63) is 21.3 Å². The number of rotatable bonds is 5. The SMILES string of the molecule is CNCCC(=O)NCc1ccc(Cl)s1. The molecular formula is C9H13ClN2OS. The van der Waals surface area contributed by atoms with Crippen LogP contribution in [-0.4, -0.2) is 19.5 Å². The number of carbonyl (C=O) groups is 1. The predicted molar refractivity (Wildman–Crippen MR) is 59.7 cm³/mol. The summed E-state index contributed by atoms with van der Waals surface area (Å²) in [6, 6.07) is 3.76. The highest BCUT2D eigenvalue weighted by Gasteiger charge is 2.01. The average Bonchev–Trinajstić information content (AvgIpc) is 2.58. The Morgan fingerprint density at radius 2 is 2.36 bits per heavy atom. The van der Waals surface area contributed by atoms with Crippen molar-refractivity contribution < 1.29 is 4.79 Å². The standard InChI is InChI=1S/C9H13ClN2OS/c1-11-5-4-9(13)12-6-7-2-3-8(10)14-7/h2-3,11H,4-6H2,1H3,(H,12,13). The van der Waals surface area contributed by atoms with Crippen molar-refractivity contribution in [1.29, 1.82) is 0 Å². The van der Waals surface area contributed by atoms with Crippen molar-refractivity contribution in [2.75, 3.05) is 13.6 Å². The molecule has 1 rings (SSSR count). The van der Waals surface area contributed by atoms with Crippen molar-refractivity contribution in [3.8, 4) is 0 Å².